The maximum atomic E-state index is 12.6. The maximum absolute atomic E-state index is 12.6. The van der Waals surface area contributed by atoms with Crippen molar-refractivity contribution < 1.29 is 4.79 Å². The molecular formula is C16H23ClN2O. The molecule has 110 valence electrons. The Bertz CT molecular complexity index is 475. The third-order valence-corrected chi connectivity index (χ3v) is 4.48. The molecule has 0 bridgehead atoms. The molecule has 3 nitrogen and oxygen atoms in total. The molecule has 1 amide bonds. The molecule has 1 fully saturated rings. The van der Waals surface area contributed by atoms with Crippen molar-refractivity contribution >= 4 is 18.3 Å². The van der Waals surface area contributed by atoms with Crippen molar-refractivity contribution in [3.05, 3.63) is 35.4 Å². The topological polar surface area (TPSA) is 32.3 Å². The number of piperidine rings is 1. The first-order valence-electron chi connectivity index (χ1n) is 7.30. The Kier molecular flexibility index (Phi) is 5.06. The first-order chi connectivity index (χ1) is 9.29. The zero-order chi connectivity index (χ0) is 13.2. The van der Waals surface area contributed by atoms with E-state index in [4.69, 9.17) is 0 Å². The molecule has 20 heavy (non-hydrogen) atoms. The summed E-state index contributed by atoms with van der Waals surface area (Å²) in [4.78, 5) is 14.7. The summed E-state index contributed by atoms with van der Waals surface area (Å²) < 4.78 is 0. The van der Waals surface area contributed by atoms with Crippen LogP contribution in [0.2, 0.25) is 0 Å². The summed E-state index contributed by atoms with van der Waals surface area (Å²) >= 11 is 0. The number of hydrogen-bond donors (Lipinski definition) is 1. The summed E-state index contributed by atoms with van der Waals surface area (Å²) in [5.41, 5.74) is 2.60. The van der Waals surface area contributed by atoms with Crippen LogP contribution in [0.1, 0.15) is 29.9 Å². The second-order valence-electron chi connectivity index (χ2n) is 5.81. The zero-order valence-electron chi connectivity index (χ0n) is 12.0. The van der Waals surface area contributed by atoms with Crippen molar-refractivity contribution in [2.45, 2.75) is 25.2 Å². The molecule has 2 unspecified atom stereocenters. The molecule has 2 aliphatic rings. The van der Waals surface area contributed by atoms with Crippen LogP contribution in [0.25, 0.3) is 0 Å². The minimum absolute atomic E-state index is 0. The summed E-state index contributed by atoms with van der Waals surface area (Å²) in [5, 5.41) is 3.23. The quantitative estimate of drug-likeness (QED) is 0.927. The molecule has 1 saturated heterocycles. The Morgan fingerprint density at radius 3 is 2.95 bits per heavy atom. The largest absolute Gasteiger partial charge is 0.342 e. The van der Waals surface area contributed by atoms with Gasteiger partial charge in [0.25, 0.3) is 0 Å². The number of likely N-dealkylation sites (tertiary alicyclic amines) is 1. The van der Waals surface area contributed by atoms with E-state index < -0.39 is 0 Å². The van der Waals surface area contributed by atoms with Crippen LogP contribution < -0.4 is 5.32 Å². The fourth-order valence-electron chi connectivity index (χ4n) is 3.42. The van der Waals surface area contributed by atoms with Crippen LogP contribution in [0, 0.1) is 5.92 Å². The lowest BCUT2D eigenvalue weighted by atomic mass is 9.76. The lowest BCUT2D eigenvalue weighted by Gasteiger charge is -2.38. The van der Waals surface area contributed by atoms with Crippen LogP contribution in [-0.4, -0.2) is 37.5 Å². The van der Waals surface area contributed by atoms with E-state index in [1.165, 1.54) is 17.5 Å². The van der Waals surface area contributed by atoms with E-state index in [9.17, 15) is 4.79 Å². The van der Waals surface area contributed by atoms with Gasteiger partial charge in [-0.25, -0.2) is 0 Å². The van der Waals surface area contributed by atoms with Crippen LogP contribution in [0.15, 0.2) is 24.3 Å². The molecule has 4 heteroatoms. The highest BCUT2D eigenvalue weighted by atomic mass is 35.5. The molecule has 1 aromatic carbocycles. The van der Waals surface area contributed by atoms with Crippen LogP contribution in [0.4, 0.5) is 0 Å². The van der Waals surface area contributed by atoms with E-state index in [2.05, 4.69) is 28.4 Å². The summed E-state index contributed by atoms with van der Waals surface area (Å²) in [7, 11) is 1.99. The number of nitrogens with zero attached hydrogens (tertiary/aromatic N) is 1. The van der Waals surface area contributed by atoms with E-state index in [0.29, 0.717) is 11.8 Å². The molecule has 0 spiro atoms. The fourth-order valence-corrected chi connectivity index (χ4v) is 3.42. The fraction of sp³-hybridized carbons (Fsp3) is 0.562. The van der Waals surface area contributed by atoms with Gasteiger partial charge in [0.15, 0.2) is 0 Å². The molecule has 1 aliphatic heterocycles. The number of amides is 1. The van der Waals surface area contributed by atoms with Crippen molar-refractivity contribution in [2.24, 2.45) is 5.92 Å². The SMILES string of the molecule is CNCC1CCCN(C(=O)C2Cc3ccccc32)C1.Cl. The van der Waals surface area contributed by atoms with Crippen LogP contribution in [0.5, 0.6) is 0 Å². The number of fused-ring (bicyclic) bond motifs is 1. The smallest absolute Gasteiger partial charge is 0.230 e. The average Bonchev–Trinajstić information content (AvgIpc) is 2.41. The molecular weight excluding hydrogens is 272 g/mol. The number of rotatable bonds is 3. The summed E-state index contributed by atoms with van der Waals surface area (Å²) in [6.45, 7) is 2.89. The predicted octanol–water partition coefficient (Wildman–Crippen LogP) is 2.21. The average molecular weight is 295 g/mol. The Morgan fingerprint density at radius 1 is 1.40 bits per heavy atom. The van der Waals surface area contributed by atoms with Crippen molar-refractivity contribution in [1.29, 1.82) is 0 Å². The van der Waals surface area contributed by atoms with Crippen LogP contribution in [0.3, 0.4) is 0 Å². The summed E-state index contributed by atoms with van der Waals surface area (Å²) in [6, 6.07) is 8.34. The van der Waals surface area contributed by atoms with E-state index in [0.717, 1.165) is 32.5 Å². The lowest BCUT2D eigenvalue weighted by molar-refractivity contribution is -0.135. The number of halogens is 1. The van der Waals surface area contributed by atoms with Crippen LogP contribution in [-0.2, 0) is 11.2 Å². The highest BCUT2D eigenvalue weighted by molar-refractivity contribution is 5.87. The minimum Gasteiger partial charge on any atom is -0.342 e. The summed E-state index contributed by atoms with van der Waals surface area (Å²) in [5.74, 6) is 1.10. The maximum Gasteiger partial charge on any atom is 0.230 e. The monoisotopic (exact) mass is 294 g/mol. The standard InChI is InChI=1S/C16H22N2O.ClH/c1-17-10-12-5-4-8-18(11-12)16(19)15-9-13-6-2-3-7-14(13)15;/h2-3,6-7,12,15,17H,4-5,8-11H2,1H3;1H. The number of hydrogen-bond acceptors (Lipinski definition) is 2. The normalized spacial score (nSPS) is 24.4. The molecule has 0 aromatic heterocycles. The molecule has 3 rings (SSSR count). The van der Waals surface area contributed by atoms with Gasteiger partial charge in [0.1, 0.15) is 0 Å². The van der Waals surface area contributed by atoms with Gasteiger partial charge >= 0.3 is 0 Å². The molecule has 1 heterocycles. The van der Waals surface area contributed by atoms with Gasteiger partial charge in [-0.3, -0.25) is 4.79 Å². The highest BCUT2D eigenvalue weighted by Crippen LogP contribution is 2.36. The Balaban J connectivity index is 0.00000147. The zero-order valence-corrected chi connectivity index (χ0v) is 12.8. The number of carbonyl (C=O) groups is 1. The summed E-state index contributed by atoms with van der Waals surface area (Å²) in [6.07, 6.45) is 3.32. The predicted molar refractivity (Wildman–Crippen MR) is 83.4 cm³/mol. The molecule has 1 N–H and O–H groups in total. The van der Waals surface area contributed by atoms with Crippen molar-refractivity contribution in [3.63, 3.8) is 0 Å². The van der Waals surface area contributed by atoms with Crippen molar-refractivity contribution in [1.82, 2.24) is 10.2 Å². The van der Waals surface area contributed by atoms with Gasteiger partial charge in [-0.2, -0.15) is 0 Å². The molecule has 1 aliphatic carbocycles. The van der Waals surface area contributed by atoms with E-state index >= 15 is 0 Å². The third-order valence-electron chi connectivity index (χ3n) is 4.48. The van der Waals surface area contributed by atoms with Gasteiger partial charge in [0.2, 0.25) is 5.91 Å². The third kappa shape index (κ3) is 2.84. The second-order valence-corrected chi connectivity index (χ2v) is 5.81. The lowest BCUT2D eigenvalue weighted by Crippen LogP contribution is -2.46. The Labute approximate surface area is 127 Å². The second kappa shape index (κ2) is 6.59. The van der Waals surface area contributed by atoms with Gasteiger partial charge < -0.3 is 10.2 Å². The van der Waals surface area contributed by atoms with Gasteiger partial charge in [-0.05, 0) is 49.9 Å². The van der Waals surface area contributed by atoms with Crippen molar-refractivity contribution in [2.75, 3.05) is 26.7 Å². The molecule has 0 saturated carbocycles. The van der Waals surface area contributed by atoms with Gasteiger partial charge in [0, 0.05) is 13.1 Å². The van der Waals surface area contributed by atoms with E-state index in [1.807, 2.05) is 13.1 Å². The van der Waals surface area contributed by atoms with Crippen LogP contribution >= 0.6 is 12.4 Å². The number of nitrogens with one attached hydrogen (secondary N) is 1. The molecule has 2 atom stereocenters. The van der Waals surface area contributed by atoms with Crippen molar-refractivity contribution in [3.8, 4) is 0 Å². The first kappa shape index (κ1) is 15.3. The van der Waals surface area contributed by atoms with Gasteiger partial charge in [-0.1, -0.05) is 24.3 Å². The highest BCUT2D eigenvalue weighted by Gasteiger charge is 2.36. The Hall–Kier alpha value is -1.06. The van der Waals surface area contributed by atoms with Gasteiger partial charge in [0.05, 0.1) is 5.92 Å². The van der Waals surface area contributed by atoms with E-state index in [1.54, 1.807) is 0 Å². The van der Waals surface area contributed by atoms with E-state index in [-0.39, 0.29) is 18.3 Å². The molecule has 1 aromatic rings. The number of carbonyl (C=O) groups excluding carboxylic acids is 1. The Morgan fingerprint density at radius 2 is 2.20 bits per heavy atom. The first-order valence-corrected chi connectivity index (χ1v) is 7.30. The minimum atomic E-state index is 0. The number of benzene rings is 1. The van der Waals surface area contributed by atoms with Gasteiger partial charge in [-0.15, -0.1) is 12.4 Å². The molecule has 0 radical (unpaired) electrons.